The third-order valence-electron chi connectivity index (χ3n) is 4.20. The SMILES string of the molecule is O=C(Cc1ccc(Cl)cc1)NC1CCC2(CC1)OCCO2. The van der Waals surface area contributed by atoms with Gasteiger partial charge in [0, 0.05) is 23.9 Å². The minimum Gasteiger partial charge on any atom is -0.353 e. The average Bonchev–Trinajstić information content (AvgIpc) is 2.93. The lowest BCUT2D eigenvalue weighted by Crippen LogP contribution is -2.44. The van der Waals surface area contributed by atoms with Crippen molar-refractivity contribution in [3.8, 4) is 0 Å². The Morgan fingerprint density at radius 2 is 1.81 bits per heavy atom. The molecule has 5 heteroatoms. The van der Waals surface area contributed by atoms with E-state index in [1.165, 1.54) is 0 Å². The minimum absolute atomic E-state index is 0.0616. The average molecular weight is 310 g/mol. The Bertz CT molecular complexity index is 487. The lowest BCUT2D eigenvalue weighted by Gasteiger charge is -2.35. The van der Waals surface area contributed by atoms with Gasteiger partial charge in [-0.2, -0.15) is 0 Å². The fraction of sp³-hybridized carbons (Fsp3) is 0.562. The standard InChI is InChI=1S/C16H20ClNO3/c17-13-3-1-12(2-4-13)11-15(19)18-14-5-7-16(8-6-14)20-9-10-21-16/h1-4,14H,5-11H2,(H,18,19). The van der Waals surface area contributed by atoms with Gasteiger partial charge >= 0.3 is 0 Å². The molecule has 1 aliphatic carbocycles. The lowest BCUT2D eigenvalue weighted by molar-refractivity contribution is -0.180. The lowest BCUT2D eigenvalue weighted by atomic mass is 9.90. The van der Waals surface area contributed by atoms with Crippen molar-refractivity contribution in [1.82, 2.24) is 5.32 Å². The largest absolute Gasteiger partial charge is 0.353 e. The summed E-state index contributed by atoms with van der Waals surface area (Å²) in [5.74, 6) is -0.302. The Morgan fingerprint density at radius 3 is 2.43 bits per heavy atom. The van der Waals surface area contributed by atoms with E-state index in [1.54, 1.807) is 0 Å². The summed E-state index contributed by atoms with van der Waals surface area (Å²) in [5, 5.41) is 3.79. The van der Waals surface area contributed by atoms with Gasteiger partial charge < -0.3 is 14.8 Å². The third kappa shape index (κ3) is 3.76. The summed E-state index contributed by atoms with van der Waals surface area (Å²) >= 11 is 5.84. The number of carbonyl (C=O) groups excluding carboxylic acids is 1. The molecule has 0 bridgehead atoms. The van der Waals surface area contributed by atoms with Crippen LogP contribution in [0.2, 0.25) is 5.02 Å². The van der Waals surface area contributed by atoms with Crippen molar-refractivity contribution < 1.29 is 14.3 Å². The Hall–Kier alpha value is -1.10. The van der Waals surface area contributed by atoms with Crippen LogP contribution >= 0.6 is 11.6 Å². The minimum atomic E-state index is -0.364. The van der Waals surface area contributed by atoms with E-state index in [-0.39, 0.29) is 17.7 Å². The number of nitrogens with one attached hydrogen (secondary N) is 1. The molecular weight excluding hydrogens is 290 g/mol. The summed E-state index contributed by atoms with van der Waals surface area (Å²) in [4.78, 5) is 12.1. The van der Waals surface area contributed by atoms with Crippen molar-refractivity contribution >= 4 is 17.5 Å². The van der Waals surface area contributed by atoms with E-state index >= 15 is 0 Å². The molecule has 1 aliphatic heterocycles. The number of ether oxygens (including phenoxy) is 2. The topological polar surface area (TPSA) is 47.6 Å². The highest BCUT2D eigenvalue weighted by Gasteiger charge is 2.40. The number of hydrogen-bond acceptors (Lipinski definition) is 3. The normalized spacial score (nSPS) is 21.6. The summed E-state index contributed by atoms with van der Waals surface area (Å²) in [6.45, 7) is 1.38. The second kappa shape index (κ2) is 6.34. The van der Waals surface area contributed by atoms with Crippen molar-refractivity contribution in [1.29, 1.82) is 0 Å². The molecule has 2 fully saturated rings. The van der Waals surface area contributed by atoms with Crippen molar-refractivity contribution in [3.63, 3.8) is 0 Å². The van der Waals surface area contributed by atoms with Crippen LogP contribution in [-0.4, -0.2) is 30.9 Å². The van der Waals surface area contributed by atoms with Crippen LogP contribution < -0.4 is 5.32 Å². The molecule has 3 rings (SSSR count). The van der Waals surface area contributed by atoms with Crippen LogP contribution in [0.15, 0.2) is 24.3 Å². The first-order chi connectivity index (χ1) is 10.2. The molecule has 114 valence electrons. The number of hydrogen-bond donors (Lipinski definition) is 1. The van der Waals surface area contributed by atoms with E-state index in [0.717, 1.165) is 31.2 Å². The predicted molar refractivity (Wildman–Crippen MR) is 80.2 cm³/mol. The number of halogens is 1. The predicted octanol–water partition coefficient (Wildman–Crippen LogP) is 2.68. The maximum atomic E-state index is 12.1. The van der Waals surface area contributed by atoms with E-state index in [0.29, 0.717) is 24.7 Å². The highest BCUT2D eigenvalue weighted by molar-refractivity contribution is 6.30. The second-order valence-corrected chi connectivity index (χ2v) is 6.19. The molecule has 0 radical (unpaired) electrons. The molecule has 4 nitrogen and oxygen atoms in total. The molecule has 1 saturated heterocycles. The monoisotopic (exact) mass is 309 g/mol. The van der Waals surface area contributed by atoms with Crippen molar-refractivity contribution in [2.24, 2.45) is 0 Å². The maximum Gasteiger partial charge on any atom is 0.224 e. The summed E-state index contributed by atoms with van der Waals surface area (Å²) < 4.78 is 11.4. The van der Waals surface area contributed by atoms with Gasteiger partial charge in [0.05, 0.1) is 19.6 Å². The van der Waals surface area contributed by atoms with E-state index in [2.05, 4.69) is 5.32 Å². The fourth-order valence-electron chi connectivity index (χ4n) is 3.05. The fourth-order valence-corrected chi connectivity index (χ4v) is 3.18. The summed E-state index contributed by atoms with van der Waals surface area (Å²) in [5.41, 5.74) is 0.978. The first-order valence-corrected chi connectivity index (χ1v) is 7.85. The van der Waals surface area contributed by atoms with Crippen LogP contribution in [0.5, 0.6) is 0 Å². The van der Waals surface area contributed by atoms with Crippen molar-refractivity contribution in [2.75, 3.05) is 13.2 Å². The molecule has 0 unspecified atom stereocenters. The highest BCUT2D eigenvalue weighted by atomic mass is 35.5. The number of amides is 1. The number of benzene rings is 1. The third-order valence-corrected chi connectivity index (χ3v) is 4.46. The molecule has 1 saturated carbocycles. The van der Waals surface area contributed by atoms with Gasteiger partial charge in [0.2, 0.25) is 5.91 Å². The first-order valence-electron chi connectivity index (χ1n) is 7.47. The smallest absolute Gasteiger partial charge is 0.224 e. The Morgan fingerprint density at radius 1 is 1.19 bits per heavy atom. The van der Waals surface area contributed by atoms with Gasteiger partial charge in [0.15, 0.2) is 5.79 Å². The van der Waals surface area contributed by atoms with Gasteiger partial charge in [0.1, 0.15) is 0 Å². The van der Waals surface area contributed by atoms with Crippen LogP contribution in [0.1, 0.15) is 31.2 Å². The Balaban J connectivity index is 1.46. The highest BCUT2D eigenvalue weighted by Crippen LogP contribution is 2.35. The molecular formula is C16H20ClNO3. The molecule has 0 aromatic heterocycles. The maximum absolute atomic E-state index is 12.1. The Labute approximate surface area is 129 Å². The van der Waals surface area contributed by atoms with Crippen LogP contribution in [0.25, 0.3) is 0 Å². The van der Waals surface area contributed by atoms with Gasteiger partial charge in [-0.3, -0.25) is 4.79 Å². The van der Waals surface area contributed by atoms with Gasteiger partial charge in [-0.25, -0.2) is 0 Å². The zero-order valence-electron chi connectivity index (χ0n) is 11.9. The zero-order chi connectivity index (χ0) is 14.7. The second-order valence-electron chi connectivity index (χ2n) is 5.75. The summed E-state index contributed by atoms with van der Waals surface area (Å²) in [6, 6.07) is 7.62. The van der Waals surface area contributed by atoms with Crippen LogP contribution in [0, 0.1) is 0 Å². The van der Waals surface area contributed by atoms with Gasteiger partial charge in [-0.1, -0.05) is 23.7 Å². The van der Waals surface area contributed by atoms with E-state index < -0.39 is 0 Å². The molecule has 21 heavy (non-hydrogen) atoms. The van der Waals surface area contributed by atoms with E-state index in [9.17, 15) is 4.79 Å². The van der Waals surface area contributed by atoms with Gasteiger partial charge in [-0.15, -0.1) is 0 Å². The van der Waals surface area contributed by atoms with Crippen molar-refractivity contribution in [2.45, 2.75) is 43.9 Å². The molecule has 2 aliphatic rings. The van der Waals surface area contributed by atoms with Crippen LogP contribution in [-0.2, 0) is 20.7 Å². The first kappa shape index (κ1) is 14.8. The molecule has 0 atom stereocenters. The summed E-state index contributed by atoms with van der Waals surface area (Å²) in [7, 11) is 0. The summed E-state index contributed by atoms with van der Waals surface area (Å²) in [6.07, 6.45) is 3.93. The van der Waals surface area contributed by atoms with Gasteiger partial charge in [0.25, 0.3) is 0 Å². The van der Waals surface area contributed by atoms with E-state index in [1.807, 2.05) is 24.3 Å². The van der Waals surface area contributed by atoms with Crippen LogP contribution in [0.3, 0.4) is 0 Å². The molecule has 1 aromatic carbocycles. The molecule has 1 spiro atoms. The number of carbonyl (C=O) groups is 1. The molecule has 1 amide bonds. The van der Waals surface area contributed by atoms with Crippen LogP contribution in [0.4, 0.5) is 0 Å². The number of rotatable bonds is 3. The molecule has 1 heterocycles. The van der Waals surface area contributed by atoms with Gasteiger partial charge in [-0.05, 0) is 30.5 Å². The zero-order valence-corrected chi connectivity index (χ0v) is 12.7. The van der Waals surface area contributed by atoms with E-state index in [4.69, 9.17) is 21.1 Å². The Kier molecular flexibility index (Phi) is 4.48. The quantitative estimate of drug-likeness (QED) is 0.934. The molecule has 1 N–H and O–H groups in total. The molecule has 1 aromatic rings. The van der Waals surface area contributed by atoms with Crippen molar-refractivity contribution in [3.05, 3.63) is 34.9 Å².